The largest absolute Gasteiger partial charge is 0.370 e. The fraction of sp³-hybridized carbons (Fsp3) is 0.615. The number of rotatable bonds is 1. The molecule has 1 unspecified atom stereocenters. The molecule has 15 heavy (non-hydrogen) atoms. The van der Waals surface area contributed by atoms with Gasteiger partial charge in [-0.25, -0.2) is 4.98 Å². The maximum Gasteiger partial charge on any atom is 0.129 e. The lowest BCUT2D eigenvalue weighted by Gasteiger charge is -2.15. The number of anilines is 1. The van der Waals surface area contributed by atoms with Gasteiger partial charge in [-0.2, -0.15) is 0 Å². The molecule has 0 spiro atoms. The molecule has 0 bridgehead atoms. The molecule has 0 saturated carbocycles. The summed E-state index contributed by atoms with van der Waals surface area (Å²) in [4.78, 5) is 4.76. The molecular weight excluding hydrogens is 184 g/mol. The van der Waals surface area contributed by atoms with Gasteiger partial charge in [-0.05, 0) is 48.3 Å². The summed E-state index contributed by atoms with van der Waals surface area (Å²) in [6.07, 6.45) is 3.62. The summed E-state index contributed by atoms with van der Waals surface area (Å²) in [5, 5.41) is 3.36. The van der Waals surface area contributed by atoms with Gasteiger partial charge in [-0.1, -0.05) is 13.8 Å². The molecule has 1 aliphatic carbocycles. The molecule has 2 heteroatoms. The van der Waals surface area contributed by atoms with Crippen LogP contribution in [0.2, 0.25) is 0 Å². The first-order chi connectivity index (χ1) is 7.25. The van der Waals surface area contributed by atoms with Crippen molar-refractivity contribution in [3.05, 3.63) is 22.9 Å². The number of aryl methyl sites for hydroxylation is 1. The molecule has 0 fully saturated rings. The molecule has 1 aliphatic heterocycles. The lowest BCUT2D eigenvalue weighted by Crippen LogP contribution is -2.03. The second-order valence-electron chi connectivity index (χ2n) is 5.10. The van der Waals surface area contributed by atoms with Gasteiger partial charge in [-0.15, -0.1) is 0 Å². The zero-order valence-electron chi connectivity index (χ0n) is 9.51. The fourth-order valence-electron chi connectivity index (χ4n) is 2.93. The number of hydrogen-bond acceptors (Lipinski definition) is 2. The van der Waals surface area contributed by atoms with E-state index in [1.165, 1.54) is 29.7 Å². The quantitative estimate of drug-likeness (QED) is 0.757. The van der Waals surface area contributed by atoms with E-state index in [4.69, 9.17) is 4.98 Å². The van der Waals surface area contributed by atoms with Crippen LogP contribution in [0.15, 0.2) is 6.07 Å². The molecule has 2 heterocycles. The van der Waals surface area contributed by atoms with Crippen LogP contribution in [0.5, 0.6) is 0 Å². The van der Waals surface area contributed by atoms with E-state index in [1.807, 2.05) is 0 Å². The SMILES string of the molecule is CC(C)C1CCc2nc3c(cc21)CCN3. The van der Waals surface area contributed by atoms with Crippen LogP contribution in [-0.4, -0.2) is 11.5 Å². The van der Waals surface area contributed by atoms with Gasteiger partial charge in [0.15, 0.2) is 0 Å². The average Bonchev–Trinajstić information content (AvgIpc) is 2.77. The van der Waals surface area contributed by atoms with E-state index < -0.39 is 0 Å². The van der Waals surface area contributed by atoms with Gasteiger partial charge in [0.2, 0.25) is 0 Å². The highest BCUT2D eigenvalue weighted by Gasteiger charge is 2.28. The predicted octanol–water partition coefficient (Wildman–Crippen LogP) is 2.74. The molecule has 1 atom stereocenters. The fourth-order valence-corrected chi connectivity index (χ4v) is 2.93. The van der Waals surface area contributed by atoms with Crippen molar-refractivity contribution in [2.45, 2.75) is 39.0 Å². The monoisotopic (exact) mass is 202 g/mol. The van der Waals surface area contributed by atoms with Crippen LogP contribution < -0.4 is 5.32 Å². The molecule has 2 nitrogen and oxygen atoms in total. The summed E-state index contributed by atoms with van der Waals surface area (Å²) in [5.41, 5.74) is 4.32. The Labute approximate surface area is 91.1 Å². The Hall–Kier alpha value is -1.05. The van der Waals surface area contributed by atoms with E-state index in [0.29, 0.717) is 0 Å². The zero-order chi connectivity index (χ0) is 10.4. The molecule has 0 aromatic carbocycles. The maximum absolute atomic E-state index is 4.76. The number of nitrogens with one attached hydrogen (secondary N) is 1. The van der Waals surface area contributed by atoms with Gasteiger partial charge >= 0.3 is 0 Å². The molecule has 2 aliphatic rings. The first kappa shape index (κ1) is 9.20. The normalized spacial score (nSPS) is 22.7. The van der Waals surface area contributed by atoms with E-state index in [0.717, 1.165) is 30.6 Å². The predicted molar refractivity (Wildman–Crippen MR) is 62.3 cm³/mol. The van der Waals surface area contributed by atoms with Crippen LogP contribution in [0.1, 0.15) is 43.0 Å². The van der Waals surface area contributed by atoms with E-state index in [9.17, 15) is 0 Å². The number of fused-ring (bicyclic) bond motifs is 2. The molecular formula is C13H18N2. The third kappa shape index (κ3) is 1.35. The van der Waals surface area contributed by atoms with Gasteiger partial charge in [-0.3, -0.25) is 0 Å². The Kier molecular flexibility index (Phi) is 1.98. The topological polar surface area (TPSA) is 24.9 Å². The van der Waals surface area contributed by atoms with Gasteiger partial charge < -0.3 is 5.32 Å². The highest BCUT2D eigenvalue weighted by atomic mass is 15.0. The number of pyridine rings is 1. The second-order valence-corrected chi connectivity index (χ2v) is 5.10. The summed E-state index contributed by atoms with van der Waals surface area (Å²) >= 11 is 0. The van der Waals surface area contributed by atoms with Crippen LogP contribution in [0.4, 0.5) is 5.82 Å². The van der Waals surface area contributed by atoms with Gasteiger partial charge in [0.25, 0.3) is 0 Å². The first-order valence-electron chi connectivity index (χ1n) is 6.02. The van der Waals surface area contributed by atoms with Crippen molar-refractivity contribution in [2.24, 2.45) is 5.92 Å². The molecule has 1 N–H and O–H groups in total. The van der Waals surface area contributed by atoms with E-state index >= 15 is 0 Å². The highest BCUT2D eigenvalue weighted by Crippen LogP contribution is 2.39. The minimum Gasteiger partial charge on any atom is -0.370 e. The molecule has 1 aromatic heterocycles. The molecule has 1 aromatic rings. The first-order valence-corrected chi connectivity index (χ1v) is 6.02. The van der Waals surface area contributed by atoms with Crippen molar-refractivity contribution in [1.29, 1.82) is 0 Å². The third-order valence-electron chi connectivity index (χ3n) is 3.80. The number of aromatic nitrogens is 1. The standard InChI is InChI=1S/C13H18N2/c1-8(2)10-3-4-12-11(10)7-9-5-6-14-13(9)15-12/h7-8,10H,3-6H2,1-2H3,(H,14,15). The van der Waals surface area contributed by atoms with Gasteiger partial charge in [0.05, 0.1) is 0 Å². The van der Waals surface area contributed by atoms with Crippen molar-refractivity contribution in [3.63, 3.8) is 0 Å². The minimum absolute atomic E-state index is 0.749. The van der Waals surface area contributed by atoms with Crippen molar-refractivity contribution < 1.29 is 0 Å². The van der Waals surface area contributed by atoms with E-state index in [1.54, 1.807) is 0 Å². The van der Waals surface area contributed by atoms with E-state index in [2.05, 4.69) is 25.2 Å². The Morgan fingerprint density at radius 1 is 1.40 bits per heavy atom. The molecule has 0 saturated heterocycles. The minimum atomic E-state index is 0.749. The Balaban J connectivity index is 2.06. The van der Waals surface area contributed by atoms with E-state index in [-0.39, 0.29) is 0 Å². The van der Waals surface area contributed by atoms with Crippen molar-refractivity contribution in [3.8, 4) is 0 Å². The number of hydrogen-bond donors (Lipinski definition) is 1. The average molecular weight is 202 g/mol. The van der Waals surface area contributed by atoms with Crippen LogP contribution >= 0.6 is 0 Å². The zero-order valence-corrected chi connectivity index (χ0v) is 9.51. The summed E-state index contributed by atoms with van der Waals surface area (Å²) in [7, 11) is 0. The van der Waals surface area contributed by atoms with Crippen LogP contribution in [-0.2, 0) is 12.8 Å². The summed E-state index contributed by atoms with van der Waals surface area (Å²) in [6.45, 7) is 5.72. The summed E-state index contributed by atoms with van der Waals surface area (Å²) in [5.74, 6) is 2.65. The van der Waals surface area contributed by atoms with Crippen molar-refractivity contribution in [1.82, 2.24) is 4.98 Å². The Morgan fingerprint density at radius 3 is 3.07 bits per heavy atom. The van der Waals surface area contributed by atoms with Crippen LogP contribution in [0.3, 0.4) is 0 Å². The Bertz CT molecular complexity index is 396. The summed E-state index contributed by atoms with van der Waals surface area (Å²) in [6, 6.07) is 2.41. The molecule has 0 amide bonds. The lowest BCUT2D eigenvalue weighted by atomic mass is 9.90. The smallest absolute Gasteiger partial charge is 0.129 e. The third-order valence-corrected chi connectivity index (χ3v) is 3.80. The van der Waals surface area contributed by atoms with Gasteiger partial charge in [0, 0.05) is 12.2 Å². The molecule has 80 valence electrons. The molecule has 3 rings (SSSR count). The maximum atomic E-state index is 4.76. The van der Waals surface area contributed by atoms with Crippen molar-refractivity contribution >= 4 is 5.82 Å². The Morgan fingerprint density at radius 2 is 2.27 bits per heavy atom. The van der Waals surface area contributed by atoms with Crippen LogP contribution in [0, 0.1) is 5.92 Å². The van der Waals surface area contributed by atoms with Crippen molar-refractivity contribution in [2.75, 3.05) is 11.9 Å². The highest BCUT2D eigenvalue weighted by molar-refractivity contribution is 5.53. The van der Waals surface area contributed by atoms with Gasteiger partial charge in [0.1, 0.15) is 5.82 Å². The second kappa shape index (κ2) is 3.22. The summed E-state index contributed by atoms with van der Waals surface area (Å²) < 4.78 is 0. The molecule has 0 radical (unpaired) electrons. The van der Waals surface area contributed by atoms with Crippen LogP contribution in [0.25, 0.3) is 0 Å². The lowest BCUT2D eigenvalue weighted by molar-refractivity contribution is 0.495. The number of nitrogens with zero attached hydrogens (tertiary/aromatic N) is 1.